The maximum Gasteiger partial charge on any atom is 0.119 e. The van der Waals surface area contributed by atoms with E-state index in [1.807, 2.05) is 12.1 Å². The lowest BCUT2D eigenvalue weighted by Gasteiger charge is -2.14. The molecule has 0 radical (unpaired) electrons. The number of ether oxygens (including phenoxy) is 1. The topological polar surface area (TPSA) is 41.5 Å². The molecule has 102 valence electrons. The second-order valence-corrected chi connectivity index (χ2v) is 4.51. The van der Waals surface area contributed by atoms with Gasteiger partial charge < -0.3 is 15.2 Å². The van der Waals surface area contributed by atoms with Crippen LogP contribution < -0.4 is 10.1 Å². The molecule has 0 fully saturated rings. The zero-order valence-electron chi connectivity index (χ0n) is 11.5. The summed E-state index contributed by atoms with van der Waals surface area (Å²) in [5, 5.41) is 12.4. The Balaban J connectivity index is 2.35. The van der Waals surface area contributed by atoms with Gasteiger partial charge in [-0.05, 0) is 30.5 Å². The minimum absolute atomic E-state index is 0.186. The fourth-order valence-corrected chi connectivity index (χ4v) is 1.64. The van der Waals surface area contributed by atoms with Crippen molar-refractivity contribution < 1.29 is 9.84 Å². The maximum atomic E-state index is 9.09. The molecule has 0 saturated heterocycles. The molecule has 0 aliphatic carbocycles. The van der Waals surface area contributed by atoms with E-state index in [0.29, 0.717) is 0 Å². The number of hydrogen-bond acceptors (Lipinski definition) is 3. The Labute approximate surface area is 110 Å². The molecule has 2 N–H and O–H groups in total. The van der Waals surface area contributed by atoms with Crippen molar-refractivity contribution in [2.75, 3.05) is 13.2 Å². The molecule has 0 aliphatic rings. The van der Waals surface area contributed by atoms with Crippen molar-refractivity contribution in [2.45, 2.75) is 45.7 Å². The van der Waals surface area contributed by atoms with Gasteiger partial charge in [-0.3, -0.25) is 0 Å². The standard InChI is InChI=1S/C15H25NO2/c1-3-5-10-18-15-8-6-13(7-9-15)11-16-14(4-2)12-17/h6-9,14,16-17H,3-5,10-12H2,1-2H3/t14-/m0/s1. The van der Waals surface area contributed by atoms with Crippen molar-refractivity contribution >= 4 is 0 Å². The number of aliphatic hydroxyl groups excluding tert-OH is 1. The van der Waals surface area contributed by atoms with Gasteiger partial charge in [-0.15, -0.1) is 0 Å². The van der Waals surface area contributed by atoms with Gasteiger partial charge in [0.2, 0.25) is 0 Å². The molecule has 0 bridgehead atoms. The van der Waals surface area contributed by atoms with Crippen LogP contribution in [0.5, 0.6) is 5.75 Å². The first-order chi connectivity index (χ1) is 8.80. The molecule has 0 heterocycles. The molecule has 0 unspecified atom stereocenters. The molecular weight excluding hydrogens is 226 g/mol. The van der Waals surface area contributed by atoms with Crippen molar-refractivity contribution in [1.29, 1.82) is 0 Å². The highest BCUT2D eigenvalue weighted by Gasteiger charge is 2.03. The summed E-state index contributed by atoms with van der Waals surface area (Å²) in [5.74, 6) is 0.932. The lowest BCUT2D eigenvalue weighted by molar-refractivity contribution is 0.238. The summed E-state index contributed by atoms with van der Waals surface area (Å²) in [6.07, 6.45) is 3.19. The molecule has 1 atom stereocenters. The van der Waals surface area contributed by atoms with Gasteiger partial charge in [0.15, 0.2) is 0 Å². The van der Waals surface area contributed by atoms with E-state index in [0.717, 1.165) is 38.2 Å². The summed E-state index contributed by atoms with van der Waals surface area (Å²) in [4.78, 5) is 0. The first kappa shape index (κ1) is 15.0. The Hall–Kier alpha value is -1.06. The summed E-state index contributed by atoms with van der Waals surface area (Å²) in [7, 11) is 0. The molecular formula is C15H25NO2. The predicted molar refractivity (Wildman–Crippen MR) is 74.8 cm³/mol. The van der Waals surface area contributed by atoms with Gasteiger partial charge >= 0.3 is 0 Å². The van der Waals surface area contributed by atoms with Crippen molar-refractivity contribution in [3.8, 4) is 5.75 Å². The maximum absolute atomic E-state index is 9.09. The van der Waals surface area contributed by atoms with Crippen molar-refractivity contribution in [3.63, 3.8) is 0 Å². The van der Waals surface area contributed by atoms with Crippen molar-refractivity contribution in [3.05, 3.63) is 29.8 Å². The molecule has 1 aromatic rings. The van der Waals surface area contributed by atoms with Crippen LogP contribution in [-0.4, -0.2) is 24.4 Å². The quantitative estimate of drug-likeness (QED) is 0.663. The number of aliphatic hydroxyl groups is 1. The van der Waals surface area contributed by atoms with E-state index < -0.39 is 0 Å². The number of rotatable bonds is 9. The van der Waals surface area contributed by atoms with Gasteiger partial charge in [0.1, 0.15) is 5.75 Å². The molecule has 1 aromatic carbocycles. The second-order valence-electron chi connectivity index (χ2n) is 4.51. The molecule has 0 aromatic heterocycles. The monoisotopic (exact) mass is 251 g/mol. The Bertz CT molecular complexity index is 307. The zero-order valence-corrected chi connectivity index (χ0v) is 11.5. The summed E-state index contributed by atoms with van der Waals surface area (Å²) in [6.45, 7) is 5.99. The van der Waals surface area contributed by atoms with Crippen LogP contribution in [-0.2, 0) is 6.54 Å². The van der Waals surface area contributed by atoms with Gasteiger partial charge in [-0.25, -0.2) is 0 Å². The van der Waals surface area contributed by atoms with Gasteiger partial charge in [0, 0.05) is 12.6 Å². The third-order valence-corrected chi connectivity index (χ3v) is 3.00. The van der Waals surface area contributed by atoms with Crippen LogP contribution in [0.1, 0.15) is 38.7 Å². The van der Waals surface area contributed by atoms with Crippen LogP contribution in [0.25, 0.3) is 0 Å². The summed E-state index contributed by atoms with van der Waals surface area (Å²) in [5.41, 5.74) is 1.21. The van der Waals surface area contributed by atoms with Crippen LogP contribution in [0.2, 0.25) is 0 Å². The third-order valence-electron chi connectivity index (χ3n) is 3.00. The van der Waals surface area contributed by atoms with E-state index in [9.17, 15) is 0 Å². The highest BCUT2D eigenvalue weighted by Crippen LogP contribution is 2.12. The fourth-order valence-electron chi connectivity index (χ4n) is 1.64. The molecule has 3 nitrogen and oxygen atoms in total. The Morgan fingerprint density at radius 3 is 2.50 bits per heavy atom. The average molecular weight is 251 g/mol. The zero-order chi connectivity index (χ0) is 13.2. The predicted octanol–water partition coefficient (Wildman–Crippen LogP) is 2.73. The smallest absolute Gasteiger partial charge is 0.119 e. The van der Waals surface area contributed by atoms with Crippen LogP contribution in [0.3, 0.4) is 0 Å². The van der Waals surface area contributed by atoms with Crippen LogP contribution in [0.4, 0.5) is 0 Å². The van der Waals surface area contributed by atoms with E-state index in [4.69, 9.17) is 9.84 Å². The van der Waals surface area contributed by atoms with Gasteiger partial charge in [-0.2, -0.15) is 0 Å². The lowest BCUT2D eigenvalue weighted by Crippen LogP contribution is -2.31. The molecule has 1 rings (SSSR count). The summed E-state index contributed by atoms with van der Waals surface area (Å²) in [6, 6.07) is 8.33. The van der Waals surface area contributed by atoms with Crippen LogP contribution in [0.15, 0.2) is 24.3 Å². The number of benzene rings is 1. The highest BCUT2D eigenvalue weighted by atomic mass is 16.5. The second kappa shape index (κ2) is 8.95. The molecule has 0 amide bonds. The number of unbranched alkanes of at least 4 members (excludes halogenated alkanes) is 1. The minimum Gasteiger partial charge on any atom is -0.494 e. The van der Waals surface area contributed by atoms with E-state index in [1.165, 1.54) is 5.56 Å². The number of hydrogen-bond donors (Lipinski definition) is 2. The fraction of sp³-hybridized carbons (Fsp3) is 0.600. The molecule has 0 spiro atoms. The van der Waals surface area contributed by atoms with Crippen LogP contribution >= 0.6 is 0 Å². The minimum atomic E-state index is 0.186. The molecule has 0 aliphatic heterocycles. The Kier molecular flexibility index (Phi) is 7.46. The van der Waals surface area contributed by atoms with E-state index in [-0.39, 0.29) is 12.6 Å². The first-order valence-corrected chi connectivity index (χ1v) is 6.86. The van der Waals surface area contributed by atoms with E-state index in [1.54, 1.807) is 0 Å². The summed E-state index contributed by atoms with van der Waals surface area (Å²) >= 11 is 0. The average Bonchev–Trinajstić information content (AvgIpc) is 2.42. The normalized spacial score (nSPS) is 12.4. The largest absolute Gasteiger partial charge is 0.494 e. The van der Waals surface area contributed by atoms with E-state index >= 15 is 0 Å². The first-order valence-electron chi connectivity index (χ1n) is 6.86. The van der Waals surface area contributed by atoms with Crippen molar-refractivity contribution in [1.82, 2.24) is 5.32 Å². The molecule has 3 heteroatoms. The SMILES string of the molecule is CCCCOc1ccc(CN[C@@H](CC)CO)cc1. The van der Waals surface area contributed by atoms with Gasteiger partial charge in [0.05, 0.1) is 13.2 Å². The van der Waals surface area contributed by atoms with Crippen LogP contribution in [0, 0.1) is 0 Å². The highest BCUT2D eigenvalue weighted by molar-refractivity contribution is 5.27. The lowest BCUT2D eigenvalue weighted by atomic mass is 10.2. The summed E-state index contributed by atoms with van der Waals surface area (Å²) < 4.78 is 5.61. The van der Waals surface area contributed by atoms with E-state index in [2.05, 4.69) is 31.3 Å². The molecule has 18 heavy (non-hydrogen) atoms. The Morgan fingerprint density at radius 1 is 1.22 bits per heavy atom. The Morgan fingerprint density at radius 2 is 1.94 bits per heavy atom. The number of nitrogens with one attached hydrogen (secondary N) is 1. The van der Waals surface area contributed by atoms with Crippen molar-refractivity contribution in [2.24, 2.45) is 0 Å². The molecule has 0 saturated carbocycles. The van der Waals surface area contributed by atoms with Gasteiger partial charge in [-0.1, -0.05) is 32.4 Å². The van der Waals surface area contributed by atoms with Gasteiger partial charge in [0.25, 0.3) is 0 Å². The third kappa shape index (κ3) is 5.52.